The number of hydrogen-bond acceptors (Lipinski definition) is 8. The largest absolute Gasteiger partial charge is 0.493 e. The summed E-state index contributed by atoms with van der Waals surface area (Å²) in [5.41, 5.74) is 1.98. The molecule has 1 heterocycles. The van der Waals surface area contributed by atoms with E-state index in [1.54, 1.807) is 48.0 Å². The van der Waals surface area contributed by atoms with E-state index < -0.39 is 5.91 Å². The predicted octanol–water partition coefficient (Wildman–Crippen LogP) is 4.84. The molecule has 9 nitrogen and oxygen atoms in total. The second kappa shape index (κ2) is 13.5. The van der Waals surface area contributed by atoms with Crippen molar-refractivity contribution < 1.29 is 23.8 Å². The fourth-order valence-electron chi connectivity index (χ4n) is 3.30. The summed E-state index contributed by atoms with van der Waals surface area (Å²) in [4.78, 5) is 27.6. The summed E-state index contributed by atoms with van der Waals surface area (Å²) in [6.07, 6.45) is 5.25. The number of carbonyl (C=O) groups is 2. The van der Waals surface area contributed by atoms with Gasteiger partial charge in [0.1, 0.15) is 30.6 Å². The lowest BCUT2D eigenvalue weighted by molar-refractivity contribution is -0.114. The van der Waals surface area contributed by atoms with Crippen molar-refractivity contribution >= 4 is 40.0 Å². The Balaban J connectivity index is 1.71. The van der Waals surface area contributed by atoms with E-state index in [-0.39, 0.29) is 24.7 Å². The Morgan fingerprint density at radius 1 is 1.16 bits per heavy atom. The molecule has 2 aromatic carbocycles. The van der Waals surface area contributed by atoms with Crippen molar-refractivity contribution in [3.63, 3.8) is 0 Å². The second-order valence-corrected chi connectivity index (χ2v) is 8.46. The number of anilines is 2. The van der Waals surface area contributed by atoms with Crippen LogP contribution in [0.1, 0.15) is 18.1 Å². The Morgan fingerprint density at radius 3 is 2.54 bits per heavy atom. The predicted molar refractivity (Wildman–Crippen MR) is 143 cm³/mol. The van der Waals surface area contributed by atoms with Gasteiger partial charge in [-0.1, -0.05) is 6.08 Å². The van der Waals surface area contributed by atoms with E-state index in [0.29, 0.717) is 40.1 Å². The standard InChI is InChI=1S/C27H26N4O5S/c1-4-5-20-14-19(15-21(17-28)26(33)31-27-29-10-13-37-27)16-24(34-3)25(20)36-12-11-35-23-8-6-22(7-9-23)30-18(2)32/h4,6-10,13-16H,1,5,11-12H2,2-3H3,(H,30,32)(H,29,31,33)/b21-15-. The number of methoxy groups -OCH3 is 1. The van der Waals surface area contributed by atoms with Gasteiger partial charge in [-0.15, -0.1) is 17.9 Å². The number of aromatic nitrogens is 1. The molecule has 37 heavy (non-hydrogen) atoms. The Morgan fingerprint density at radius 2 is 1.92 bits per heavy atom. The molecule has 1 aromatic heterocycles. The number of thiazole rings is 1. The summed E-state index contributed by atoms with van der Waals surface area (Å²) in [5.74, 6) is 0.911. The molecular weight excluding hydrogens is 492 g/mol. The molecule has 0 unspecified atom stereocenters. The van der Waals surface area contributed by atoms with Crippen LogP contribution in [-0.4, -0.2) is 37.1 Å². The lowest BCUT2D eigenvalue weighted by Crippen LogP contribution is -2.13. The van der Waals surface area contributed by atoms with Crippen LogP contribution in [0.3, 0.4) is 0 Å². The summed E-state index contributed by atoms with van der Waals surface area (Å²) in [7, 11) is 1.51. The van der Waals surface area contributed by atoms with Crippen molar-refractivity contribution in [2.75, 3.05) is 31.0 Å². The third kappa shape index (κ3) is 7.95. The Labute approximate surface area is 219 Å². The van der Waals surface area contributed by atoms with Crippen molar-refractivity contribution in [2.24, 2.45) is 0 Å². The van der Waals surface area contributed by atoms with Gasteiger partial charge in [-0.25, -0.2) is 4.98 Å². The fraction of sp³-hybridized carbons (Fsp3) is 0.185. The van der Waals surface area contributed by atoms with Crippen LogP contribution in [0.25, 0.3) is 6.08 Å². The van der Waals surface area contributed by atoms with Crippen molar-refractivity contribution in [2.45, 2.75) is 13.3 Å². The molecule has 0 fully saturated rings. The van der Waals surface area contributed by atoms with Crippen molar-refractivity contribution in [3.05, 3.63) is 77.3 Å². The number of amides is 2. The number of rotatable bonds is 12. The first kappa shape index (κ1) is 27.0. The molecule has 0 aliphatic carbocycles. The minimum Gasteiger partial charge on any atom is -0.493 e. The highest BCUT2D eigenvalue weighted by atomic mass is 32.1. The average Bonchev–Trinajstić information content (AvgIpc) is 3.39. The van der Waals surface area contributed by atoms with Crippen LogP contribution in [0.5, 0.6) is 17.2 Å². The number of carbonyl (C=O) groups excluding carboxylic acids is 2. The molecular formula is C27H26N4O5S. The van der Waals surface area contributed by atoms with E-state index in [4.69, 9.17) is 14.2 Å². The van der Waals surface area contributed by atoms with Gasteiger partial charge in [0.05, 0.1) is 7.11 Å². The number of nitrogens with zero attached hydrogens (tertiary/aromatic N) is 2. The van der Waals surface area contributed by atoms with Gasteiger partial charge >= 0.3 is 0 Å². The topological polar surface area (TPSA) is 123 Å². The molecule has 0 atom stereocenters. The van der Waals surface area contributed by atoms with Crippen LogP contribution in [0, 0.1) is 11.3 Å². The zero-order valence-corrected chi connectivity index (χ0v) is 21.3. The Bertz CT molecular complexity index is 1310. The molecule has 0 aliphatic heterocycles. The number of ether oxygens (including phenoxy) is 3. The lowest BCUT2D eigenvalue weighted by Gasteiger charge is -2.16. The van der Waals surface area contributed by atoms with E-state index in [0.717, 1.165) is 5.56 Å². The summed E-state index contributed by atoms with van der Waals surface area (Å²) in [6.45, 7) is 5.76. The van der Waals surface area contributed by atoms with E-state index in [1.165, 1.54) is 31.4 Å². The number of hydrogen-bond donors (Lipinski definition) is 2. The maximum absolute atomic E-state index is 12.5. The molecule has 2 N–H and O–H groups in total. The highest BCUT2D eigenvalue weighted by Gasteiger charge is 2.15. The number of allylic oxidation sites excluding steroid dienone is 1. The molecule has 190 valence electrons. The first-order valence-corrected chi connectivity index (χ1v) is 12.1. The van der Waals surface area contributed by atoms with Crippen molar-refractivity contribution in [1.29, 1.82) is 5.26 Å². The van der Waals surface area contributed by atoms with Crippen LogP contribution >= 0.6 is 11.3 Å². The van der Waals surface area contributed by atoms with E-state index in [9.17, 15) is 14.9 Å². The smallest absolute Gasteiger partial charge is 0.268 e. The Hall–Kier alpha value is -4.62. The molecule has 0 aliphatic rings. The summed E-state index contributed by atoms with van der Waals surface area (Å²) in [5, 5.41) is 17.0. The number of nitrogens with one attached hydrogen (secondary N) is 2. The molecule has 2 amide bonds. The summed E-state index contributed by atoms with van der Waals surface area (Å²) < 4.78 is 17.3. The van der Waals surface area contributed by atoms with Crippen molar-refractivity contribution in [1.82, 2.24) is 4.98 Å². The zero-order chi connectivity index (χ0) is 26.6. The molecule has 0 saturated carbocycles. The normalized spacial score (nSPS) is 10.7. The van der Waals surface area contributed by atoms with Crippen LogP contribution in [0.4, 0.5) is 10.8 Å². The average molecular weight is 519 g/mol. The molecule has 10 heteroatoms. The van der Waals surface area contributed by atoms with E-state index >= 15 is 0 Å². The minimum atomic E-state index is -0.552. The van der Waals surface area contributed by atoms with Gasteiger partial charge in [-0.2, -0.15) is 5.26 Å². The SMILES string of the molecule is C=CCc1cc(/C=C(/C#N)C(=O)Nc2nccs2)cc(OC)c1OCCOc1ccc(NC(C)=O)cc1. The highest BCUT2D eigenvalue weighted by Crippen LogP contribution is 2.34. The van der Waals surface area contributed by atoms with Gasteiger partial charge in [-0.05, 0) is 54.5 Å². The van der Waals surface area contributed by atoms with Gasteiger partial charge in [0.15, 0.2) is 16.6 Å². The lowest BCUT2D eigenvalue weighted by atomic mass is 10.0. The Kier molecular flexibility index (Phi) is 9.82. The first-order chi connectivity index (χ1) is 17.9. The van der Waals surface area contributed by atoms with Crippen LogP contribution in [0.2, 0.25) is 0 Å². The minimum absolute atomic E-state index is 0.0756. The maximum Gasteiger partial charge on any atom is 0.268 e. The molecule has 0 radical (unpaired) electrons. The summed E-state index contributed by atoms with van der Waals surface area (Å²) in [6, 6.07) is 12.5. The zero-order valence-electron chi connectivity index (χ0n) is 20.4. The van der Waals surface area contributed by atoms with Gasteiger partial charge in [0.2, 0.25) is 5.91 Å². The van der Waals surface area contributed by atoms with Crippen LogP contribution in [-0.2, 0) is 16.0 Å². The van der Waals surface area contributed by atoms with Gasteiger partial charge in [0.25, 0.3) is 5.91 Å². The summed E-state index contributed by atoms with van der Waals surface area (Å²) >= 11 is 1.26. The number of benzene rings is 2. The monoisotopic (exact) mass is 518 g/mol. The first-order valence-electron chi connectivity index (χ1n) is 11.2. The maximum atomic E-state index is 12.5. The molecule has 3 aromatic rings. The van der Waals surface area contributed by atoms with Gasteiger partial charge in [0, 0.05) is 29.8 Å². The molecule has 0 bridgehead atoms. The van der Waals surface area contributed by atoms with E-state index in [1.807, 2.05) is 12.1 Å². The van der Waals surface area contributed by atoms with Gasteiger partial charge < -0.3 is 19.5 Å². The van der Waals surface area contributed by atoms with Gasteiger partial charge in [-0.3, -0.25) is 14.9 Å². The van der Waals surface area contributed by atoms with Crippen molar-refractivity contribution in [3.8, 4) is 23.3 Å². The van der Waals surface area contributed by atoms with Crippen LogP contribution in [0.15, 0.2) is 66.2 Å². The van der Waals surface area contributed by atoms with E-state index in [2.05, 4.69) is 22.2 Å². The van der Waals surface area contributed by atoms with Crippen LogP contribution < -0.4 is 24.8 Å². The molecule has 0 saturated heterocycles. The molecule has 3 rings (SSSR count). The molecule has 0 spiro atoms. The highest BCUT2D eigenvalue weighted by molar-refractivity contribution is 7.13. The fourth-order valence-corrected chi connectivity index (χ4v) is 3.82. The number of nitriles is 1. The second-order valence-electron chi connectivity index (χ2n) is 7.57. The third-order valence-corrected chi connectivity index (χ3v) is 5.53. The third-order valence-electron chi connectivity index (χ3n) is 4.84. The quantitative estimate of drug-likeness (QED) is 0.152.